The predicted octanol–water partition coefficient (Wildman–Crippen LogP) is 3.84. The highest BCUT2D eigenvalue weighted by atomic mass is 16.2. The fraction of sp³-hybridized carbons (Fsp3) is 0.261. The zero-order chi connectivity index (χ0) is 18.6. The lowest BCUT2D eigenvalue weighted by molar-refractivity contribution is 0.0701. The molecular weight excluding hydrogens is 334 g/mol. The van der Waals surface area contributed by atoms with Crippen LogP contribution in [0.25, 0.3) is 0 Å². The van der Waals surface area contributed by atoms with Gasteiger partial charge in [-0.05, 0) is 48.1 Å². The van der Waals surface area contributed by atoms with E-state index >= 15 is 0 Å². The van der Waals surface area contributed by atoms with Gasteiger partial charge < -0.3 is 4.90 Å². The Morgan fingerprint density at radius 1 is 1.04 bits per heavy atom. The second-order valence-electron chi connectivity index (χ2n) is 7.01. The maximum Gasteiger partial charge on any atom is 0.255 e. The van der Waals surface area contributed by atoms with Gasteiger partial charge in [-0.15, -0.1) is 0 Å². The molecule has 4 rings (SSSR count). The molecule has 1 amide bonds. The molecule has 1 fully saturated rings. The first-order valence-corrected chi connectivity index (χ1v) is 9.35. The molecule has 0 aliphatic carbocycles. The molecule has 2 aliphatic rings. The summed E-state index contributed by atoms with van der Waals surface area (Å²) < 4.78 is 0. The lowest BCUT2D eigenvalue weighted by atomic mass is 9.88. The molecule has 134 valence electrons. The number of aliphatic imine (C=N–C) groups is 1. The SMILES string of the molecule is N#Cc1ccccc1C(=O)N1CCC(C2=CC(c3ccccc3)=NC2)CC1. The van der Waals surface area contributed by atoms with Crippen LogP contribution in [0.2, 0.25) is 0 Å². The second kappa shape index (κ2) is 7.59. The van der Waals surface area contributed by atoms with Gasteiger partial charge in [-0.25, -0.2) is 0 Å². The molecule has 1 saturated heterocycles. The normalized spacial score (nSPS) is 17.2. The minimum atomic E-state index is -0.0350. The third-order valence-electron chi connectivity index (χ3n) is 5.41. The summed E-state index contributed by atoms with van der Waals surface area (Å²) in [5.41, 5.74) is 4.55. The molecule has 0 aromatic heterocycles. The second-order valence-corrected chi connectivity index (χ2v) is 7.01. The maximum absolute atomic E-state index is 12.8. The Bertz CT molecular complexity index is 945. The summed E-state index contributed by atoms with van der Waals surface area (Å²) in [7, 11) is 0. The first-order valence-electron chi connectivity index (χ1n) is 9.35. The van der Waals surface area contributed by atoms with Crippen molar-refractivity contribution < 1.29 is 4.79 Å². The van der Waals surface area contributed by atoms with E-state index in [0.29, 0.717) is 17.0 Å². The number of hydrogen-bond donors (Lipinski definition) is 0. The van der Waals surface area contributed by atoms with Crippen molar-refractivity contribution in [1.29, 1.82) is 5.26 Å². The molecule has 2 heterocycles. The number of carbonyl (C=O) groups excluding carboxylic acids is 1. The number of hydrogen-bond acceptors (Lipinski definition) is 3. The monoisotopic (exact) mass is 355 g/mol. The van der Waals surface area contributed by atoms with Gasteiger partial charge in [-0.2, -0.15) is 5.26 Å². The quantitative estimate of drug-likeness (QED) is 0.840. The highest BCUT2D eigenvalue weighted by Gasteiger charge is 2.28. The highest BCUT2D eigenvalue weighted by molar-refractivity contribution is 6.10. The third kappa shape index (κ3) is 3.54. The molecule has 0 radical (unpaired) electrons. The Balaban J connectivity index is 1.40. The molecule has 2 aromatic carbocycles. The molecule has 0 atom stereocenters. The van der Waals surface area contributed by atoms with E-state index in [1.807, 2.05) is 29.2 Å². The van der Waals surface area contributed by atoms with Crippen LogP contribution >= 0.6 is 0 Å². The number of carbonyl (C=O) groups is 1. The average molecular weight is 355 g/mol. The van der Waals surface area contributed by atoms with Crippen molar-refractivity contribution in [3.63, 3.8) is 0 Å². The minimum absolute atomic E-state index is 0.0350. The summed E-state index contributed by atoms with van der Waals surface area (Å²) >= 11 is 0. The van der Waals surface area contributed by atoms with E-state index in [1.54, 1.807) is 18.2 Å². The smallest absolute Gasteiger partial charge is 0.255 e. The van der Waals surface area contributed by atoms with Gasteiger partial charge in [0.15, 0.2) is 0 Å². The Labute approximate surface area is 159 Å². The largest absolute Gasteiger partial charge is 0.339 e. The van der Waals surface area contributed by atoms with Crippen molar-refractivity contribution in [3.8, 4) is 6.07 Å². The van der Waals surface area contributed by atoms with E-state index in [0.717, 1.165) is 43.8 Å². The van der Waals surface area contributed by atoms with Crippen LogP contribution in [-0.4, -0.2) is 36.2 Å². The topological polar surface area (TPSA) is 56.5 Å². The molecule has 0 saturated carbocycles. The zero-order valence-electron chi connectivity index (χ0n) is 15.1. The molecule has 4 heteroatoms. The first-order chi connectivity index (χ1) is 13.3. The Hall–Kier alpha value is -3.19. The zero-order valence-corrected chi connectivity index (χ0v) is 15.1. The van der Waals surface area contributed by atoms with E-state index in [-0.39, 0.29) is 5.91 Å². The van der Waals surface area contributed by atoms with Gasteiger partial charge in [0.1, 0.15) is 0 Å². The molecule has 2 aliphatic heterocycles. The summed E-state index contributed by atoms with van der Waals surface area (Å²) in [5, 5.41) is 9.23. The van der Waals surface area contributed by atoms with E-state index in [2.05, 4.69) is 24.3 Å². The molecule has 0 bridgehead atoms. The van der Waals surface area contributed by atoms with Gasteiger partial charge >= 0.3 is 0 Å². The molecular formula is C23H21N3O. The van der Waals surface area contributed by atoms with Gasteiger partial charge in [0, 0.05) is 13.1 Å². The van der Waals surface area contributed by atoms with Gasteiger partial charge in [0.25, 0.3) is 5.91 Å². The van der Waals surface area contributed by atoms with Gasteiger partial charge in [0.2, 0.25) is 0 Å². The fourth-order valence-corrected chi connectivity index (χ4v) is 3.86. The van der Waals surface area contributed by atoms with E-state index in [1.165, 1.54) is 5.57 Å². The van der Waals surface area contributed by atoms with Crippen LogP contribution in [0.15, 0.2) is 71.2 Å². The number of nitriles is 1. The van der Waals surface area contributed by atoms with Crippen molar-refractivity contribution >= 4 is 11.6 Å². The average Bonchev–Trinajstić information content (AvgIpc) is 3.24. The van der Waals surface area contributed by atoms with Crippen LogP contribution < -0.4 is 0 Å². The van der Waals surface area contributed by atoms with Crippen LogP contribution in [0.1, 0.15) is 34.3 Å². The molecule has 2 aromatic rings. The maximum atomic E-state index is 12.8. The van der Waals surface area contributed by atoms with Crippen LogP contribution in [-0.2, 0) is 0 Å². The van der Waals surface area contributed by atoms with E-state index in [4.69, 9.17) is 4.99 Å². The lowest BCUT2D eigenvalue weighted by Gasteiger charge is -2.32. The van der Waals surface area contributed by atoms with Crippen molar-refractivity contribution in [1.82, 2.24) is 4.90 Å². The molecule has 0 spiro atoms. The van der Waals surface area contributed by atoms with Crippen LogP contribution in [0, 0.1) is 17.2 Å². The Kier molecular flexibility index (Phi) is 4.84. The standard InChI is InChI=1S/C23H21N3O/c24-15-19-8-4-5-9-21(19)23(27)26-12-10-17(11-13-26)20-14-22(25-16-20)18-6-2-1-3-7-18/h1-9,14,17H,10-13,16H2. The number of nitrogens with zero attached hydrogens (tertiary/aromatic N) is 3. The van der Waals surface area contributed by atoms with Crippen molar-refractivity contribution in [2.45, 2.75) is 12.8 Å². The van der Waals surface area contributed by atoms with Crippen LogP contribution in [0.4, 0.5) is 0 Å². The summed E-state index contributed by atoms with van der Waals surface area (Å²) in [6.45, 7) is 2.21. The lowest BCUT2D eigenvalue weighted by Crippen LogP contribution is -2.39. The van der Waals surface area contributed by atoms with Crippen molar-refractivity contribution in [2.75, 3.05) is 19.6 Å². The predicted molar refractivity (Wildman–Crippen MR) is 106 cm³/mol. The number of piperidine rings is 1. The summed E-state index contributed by atoms with van der Waals surface area (Å²) in [6.07, 6.45) is 4.12. The third-order valence-corrected chi connectivity index (χ3v) is 5.41. The summed E-state index contributed by atoms with van der Waals surface area (Å²) in [4.78, 5) is 19.4. The fourth-order valence-electron chi connectivity index (χ4n) is 3.86. The molecule has 0 unspecified atom stereocenters. The number of allylic oxidation sites excluding steroid dienone is 1. The summed E-state index contributed by atoms with van der Waals surface area (Å²) in [5.74, 6) is 0.442. The van der Waals surface area contributed by atoms with Crippen LogP contribution in [0.5, 0.6) is 0 Å². The van der Waals surface area contributed by atoms with Gasteiger partial charge in [-0.3, -0.25) is 9.79 Å². The van der Waals surface area contributed by atoms with Crippen LogP contribution in [0.3, 0.4) is 0 Å². The number of likely N-dealkylation sites (tertiary alicyclic amines) is 1. The van der Waals surface area contributed by atoms with E-state index in [9.17, 15) is 10.1 Å². The van der Waals surface area contributed by atoms with Crippen molar-refractivity contribution in [3.05, 3.63) is 82.9 Å². The number of benzene rings is 2. The summed E-state index contributed by atoms with van der Waals surface area (Å²) in [6, 6.07) is 19.4. The Morgan fingerprint density at radius 2 is 1.74 bits per heavy atom. The van der Waals surface area contributed by atoms with Crippen molar-refractivity contribution in [2.24, 2.45) is 10.9 Å². The molecule has 0 N–H and O–H groups in total. The molecule has 27 heavy (non-hydrogen) atoms. The van der Waals surface area contributed by atoms with E-state index < -0.39 is 0 Å². The Morgan fingerprint density at radius 3 is 2.48 bits per heavy atom. The highest BCUT2D eigenvalue weighted by Crippen LogP contribution is 2.29. The number of amides is 1. The first kappa shape index (κ1) is 17.2. The van der Waals surface area contributed by atoms with Gasteiger partial charge in [0.05, 0.1) is 29.5 Å². The minimum Gasteiger partial charge on any atom is -0.339 e. The molecule has 4 nitrogen and oxygen atoms in total. The number of rotatable bonds is 3. The van der Waals surface area contributed by atoms with Gasteiger partial charge in [-0.1, -0.05) is 42.5 Å².